The Morgan fingerprint density at radius 1 is 1.15 bits per heavy atom. The highest BCUT2D eigenvalue weighted by Gasteiger charge is 2.32. The van der Waals surface area contributed by atoms with E-state index in [1.807, 2.05) is 4.72 Å². The molecule has 2 N–H and O–H groups in total. The van der Waals surface area contributed by atoms with Gasteiger partial charge in [-0.05, 0) is 49.8 Å². The third-order valence-corrected chi connectivity index (χ3v) is 7.20. The van der Waals surface area contributed by atoms with Gasteiger partial charge in [-0.2, -0.15) is 26.3 Å². The van der Waals surface area contributed by atoms with Gasteiger partial charge in [0.25, 0.3) is 0 Å². The van der Waals surface area contributed by atoms with Gasteiger partial charge in [0.1, 0.15) is 29.7 Å². The number of aromatic nitrogens is 1. The van der Waals surface area contributed by atoms with Gasteiger partial charge < -0.3 is 18.9 Å². The Morgan fingerprint density at radius 3 is 2.51 bits per heavy atom. The molecule has 1 heterocycles. The Labute approximate surface area is 229 Å². The van der Waals surface area contributed by atoms with Gasteiger partial charge >= 0.3 is 22.5 Å². The summed E-state index contributed by atoms with van der Waals surface area (Å²) in [7, 11) is -2.67. The number of benzene rings is 1. The Bertz CT molecular complexity index is 1240. The molecule has 0 aliphatic heterocycles. The van der Waals surface area contributed by atoms with Crippen LogP contribution in [0, 0.1) is 5.92 Å². The summed E-state index contributed by atoms with van der Waals surface area (Å²) >= 11 is 5.96. The van der Waals surface area contributed by atoms with Crippen LogP contribution < -0.4 is 18.9 Å². The number of nitrogens with zero attached hydrogens (tertiary/aromatic N) is 1. The molecule has 0 bridgehead atoms. The van der Waals surface area contributed by atoms with E-state index in [1.165, 1.54) is 25.3 Å². The van der Waals surface area contributed by atoms with E-state index in [1.54, 1.807) is 0 Å². The van der Waals surface area contributed by atoms with Crippen molar-refractivity contribution < 1.29 is 45.3 Å². The first kappa shape index (κ1) is 30.7. The number of methoxy groups -OCH3 is 1. The van der Waals surface area contributed by atoms with Gasteiger partial charge in [0.05, 0.1) is 12.2 Å². The van der Waals surface area contributed by atoms with Crippen molar-refractivity contribution in [1.82, 2.24) is 14.4 Å². The lowest BCUT2D eigenvalue weighted by Crippen LogP contribution is -2.46. The van der Waals surface area contributed by atoms with Crippen LogP contribution in [0.5, 0.6) is 17.4 Å². The molecule has 0 atom stereocenters. The quantitative estimate of drug-likeness (QED) is 0.339. The highest BCUT2D eigenvalue weighted by Crippen LogP contribution is 2.36. The number of hydrogen-bond donors (Lipinski definition) is 2. The lowest BCUT2D eigenvalue weighted by molar-refractivity contribution is -0.137. The first-order chi connectivity index (χ1) is 18.4. The van der Waals surface area contributed by atoms with Crippen molar-refractivity contribution in [1.29, 1.82) is 0 Å². The molecule has 3 rings (SSSR count). The summed E-state index contributed by atoms with van der Waals surface area (Å²) in [6, 6.07) is 4.78. The minimum atomic E-state index is -4.65. The smallest absolute Gasteiger partial charge is 0.422 e. The summed E-state index contributed by atoms with van der Waals surface area (Å²) < 4.78 is 89.0. The van der Waals surface area contributed by atoms with Crippen LogP contribution >= 0.6 is 11.6 Å². The minimum Gasteiger partial charge on any atom is -0.491 e. The highest BCUT2D eigenvalue weighted by molar-refractivity contribution is 7.88. The molecule has 39 heavy (non-hydrogen) atoms. The molecule has 0 unspecified atom stereocenters. The van der Waals surface area contributed by atoms with E-state index in [-0.39, 0.29) is 36.4 Å². The van der Waals surface area contributed by atoms with Crippen LogP contribution in [0.3, 0.4) is 0 Å². The summed E-state index contributed by atoms with van der Waals surface area (Å²) in [5.74, 6) is 0.499. The maximum atomic E-state index is 13.0. The topological polar surface area (TPSA) is 125 Å². The average Bonchev–Trinajstić information content (AvgIpc) is 2.85. The van der Waals surface area contributed by atoms with Crippen molar-refractivity contribution >= 4 is 27.9 Å². The number of rotatable bonds is 11. The molecule has 1 aromatic heterocycles. The monoisotopic (exact) mass is 595 g/mol. The Balaban J connectivity index is 1.70. The van der Waals surface area contributed by atoms with E-state index in [9.17, 15) is 26.4 Å². The molecule has 216 valence electrons. The van der Waals surface area contributed by atoms with Gasteiger partial charge in [-0.3, -0.25) is 0 Å². The Hall–Kier alpha value is -2.81. The van der Waals surface area contributed by atoms with Crippen molar-refractivity contribution in [2.24, 2.45) is 5.92 Å². The standard InChI is InChI=1S/C24H29ClF3N3O7S/c1-15-3-6-18(7-4-15)30-39(33,34)31-23(32)37-14-16-5-8-19(36-10-9-35-2)12-21(16)38-22-20(25)11-17(13-29-22)24(26,27)28/h5,8,11-13,15,18,30H,3-4,6-7,9-10,14H2,1-2H3,(H,31,32). The molecule has 1 aliphatic rings. The van der Waals surface area contributed by atoms with E-state index < -0.39 is 39.7 Å². The maximum absolute atomic E-state index is 13.0. The predicted molar refractivity (Wildman–Crippen MR) is 135 cm³/mol. The number of nitrogens with one attached hydrogen (secondary N) is 2. The molecule has 1 fully saturated rings. The van der Waals surface area contributed by atoms with E-state index in [2.05, 4.69) is 16.6 Å². The highest BCUT2D eigenvalue weighted by atomic mass is 35.5. The number of carbonyl (C=O) groups is 1. The SMILES string of the molecule is COCCOc1ccc(COC(=O)NS(=O)(=O)NC2CCC(C)CC2)c(Oc2ncc(C(F)(F)F)cc2Cl)c1. The van der Waals surface area contributed by atoms with E-state index >= 15 is 0 Å². The summed E-state index contributed by atoms with van der Waals surface area (Å²) in [4.78, 5) is 15.9. The van der Waals surface area contributed by atoms with Gasteiger partial charge in [-0.15, -0.1) is 0 Å². The van der Waals surface area contributed by atoms with Crippen molar-refractivity contribution in [3.8, 4) is 17.4 Å². The molecule has 1 saturated carbocycles. The first-order valence-electron chi connectivity index (χ1n) is 12.0. The second-order valence-electron chi connectivity index (χ2n) is 8.98. The molecule has 15 heteroatoms. The second-order valence-corrected chi connectivity index (χ2v) is 10.8. The number of alkyl halides is 3. The van der Waals surface area contributed by atoms with Crippen LogP contribution in [0.4, 0.5) is 18.0 Å². The number of halogens is 4. The summed E-state index contributed by atoms with van der Waals surface area (Å²) in [5, 5.41) is -0.408. The summed E-state index contributed by atoms with van der Waals surface area (Å²) in [6.45, 7) is 2.13. The number of carbonyl (C=O) groups excluding carboxylic acids is 1. The zero-order valence-electron chi connectivity index (χ0n) is 21.2. The molecular formula is C24H29ClF3N3O7S. The molecule has 2 aromatic rings. The second kappa shape index (κ2) is 13.5. The number of pyridine rings is 1. The fourth-order valence-corrected chi connectivity index (χ4v) is 4.97. The lowest BCUT2D eigenvalue weighted by Gasteiger charge is -2.26. The number of amides is 1. The molecule has 0 radical (unpaired) electrons. The molecule has 1 amide bonds. The van der Waals surface area contributed by atoms with Crippen LogP contribution in [0.15, 0.2) is 30.5 Å². The third-order valence-electron chi connectivity index (χ3n) is 5.85. The Morgan fingerprint density at radius 2 is 1.87 bits per heavy atom. The van der Waals surface area contributed by atoms with Crippen LogP contribution in [-0.2, 0) is 32.5 Å². The van der Waals surface area contributed by atoms with E-state index in [4.69, 9.17) is 30.5 Å². The van der Waals surface area contributed by atoms with Gasteiger partial charge in [0.15, 0.2) is 0 Å². The third kappa shape index (κ3) is 9.71. The zero-order chi connectivity index (χ0) is 28.6. The molecule has 10 nitrogen and oxygen atoms in total. The fourth-order valence-electron chi connectivity index (χ4n) is 3.75. The van der Waals surface area contributed by atoms with E-state index in [0.29, 0.717) is 36.8 Å². The summed E-state index contributed by atoms with van der Waals surface area (Å²) in [6.07, 6.45) is -2.24. The largest absolute Gasteiger partial charge is 0.491 e. The van der Waals surface area contributed by atoms with Crippen molar-refractivity contribution in [3.05, 3.63) is 46.6 Å². The number of ether oxygens (including phenoxy) is 4. The van der Waals surface area contributed by atoms with Crippen molar-refractivity contribution in [2.45, 2.75) is 51.4 Å². The average molecular weight is 596 g/mol. The normalized spacial score (nSPS) is 17.9. The fraction of sp³-hybridized carbons (Fsp3) is 0.500. The maximum Gasteiger partial charge on any atom is 0.422 e. The van der Waals surface area contributed by atoms with Gasteiger partial charge in [0.2, 0.25) is 5.88 Å². The predicted octanol–water partition coefficient (Wildman–Crippen LogP) is 5.21. The minimum absolute atomic E-state index is 0.00387. The van der Waals surface area contributed by atoms with Crippen LogP contribution in [0.25, 0.3) is 0 Å². The number of hydrogen-bond acceptors (Lipinski definition) is 8. The Kier molecular flexibility index (Phi) is 10.6. The van der Waals surface area contributed by atoms with Crippen LogP contribution in [0.1, 0.15) is 43.7 Å². The molecule has 0 spiro atoms. The van der Waals surface area contributed by atoms with Gasteiger partial charge in [0, 0.05) is 31.0 Å². The summed E-state index contributed by atoms with van der Waals surface area (Å²) in [5.41, 5.74) is -0.831. The molecule has 1 aromatic carbocycles. The van der Waals surface area contributed by atoms with Crippen molar-refractivity contribution in [2.75, 3.05) is 20.3 Å². The lowest BCUT2D eigenvalue weighted by atomic mass is 9.88. The molecule has 1 aliphatic carbocycles. The van der Waals surface area contributed by atoms with Crippen molar-refractivity contribution in [3.63, 3.8) is 0 Å². The van der Waals surface area contributed by atoms with Crippen LogP contribution in [-0.4, -0.2) is 45.9 Å². The van der Waals surface area contributed by atoms with Gasteiger partial charge in [-0.1, -0.05) is 18.5 Å². The molecule has 0 saturated heterocycles. The molecular weight excluding hydrogens is 567 g/mol. The van der Waals surface area contributed by atoms with Gasteiger partial charge in [-0.25, -0.2) is 14.5 Å². The van der Waals surface area contributed by atoms with Crippen LogP contribution in [0.2, 0.25) is 5.02 Å². The first-order valence-corrected chi connectivity index (χ1v) is 13.8. The van der Waals surface area contributed by atoms with E-state index in [0.717, 1.165) is 12.8 Å². The zero-order valence-corrected chi connectivity index (χ0v) is 22.8.